The molecule has 0 fully saturated rings. The van der Waals surface area contributed by atoms with Gasteiger partial charge in [0.2, 0.25) is 11.4 Å². The monoisotopic (exact) mass is 1270 g/mol. The fourth-order valence-electron chi connectivity index (χ4n) is 14.2. The third kappa shape index (κ3) is 40.8. The van der Waals surface area contributed by atoms with E-state index in [0.717, 1.165) is 94.9 Å². The second-order valence-corrected chi connectivity index (χ2v) is 29.7. The number of allylic oxidation sites excluding steroid dienone is 2. The van der Waals surface area contributed by atoms with Crippen molar-refractivity contribution >= 4 is 11.4 Å². The molecular formula is C86H154N2Ni. The van der Waals surface area contributed by atoms with Gasteiger partial charge in [0, 0.05) is 22.8 Å². The van der Waals surface area contributed by atoms with E-state index in [1.807, 2.05) is 0 Å². The minimum Gasteiger partial charge on any atom is -0.0654 e. The van der Waals surface area contributed by atoms with Gasteiger partial charge in [0.15, 0.2) is 0 Å². The van der Waals surface area contributed by atoms with Gasteiger partial charge in [-0.15, -0.1) is 0 Å². The number of hydrogen-bond acceptors (Lipinski definition) is 0. The number of unbranched alkanes of at least 4 members (excludes halogenated alkanes) is 43. The van der Waals surface area contributed by atoms with Gasteiger partial charge in [0.1, 0.15) is 0 Å². The molecular weight excluding hydrogens is 1120 g/mol. The van der Waals surface area contributed by atoms with Crippen LogP contribution in [0.15, 0.2) is 35.9 Å². The minimum absolute atomic E-state index is 0.950. The predicted octanol–water partition coefficient (Wildman–Crippen LogP) is 30.5. The molecule has 0 aliphatic carbocycles. The second-order valence-electron chi connectivity index (χ2n) is 28.2. The zero-order valence-corrected chi connectivity index (χ0v) is 62.7. The van der Waals surface area contributed by atoms with E-state index in [0.29, 0.717) is 0 Å². The van der Waals surface area contributed by atoms with Gasteiger partial charge in [-0.1, -0.05) is 249 Å². The summed E-state index contributed by atoms with van der Waals surface area (Å²) in [5.41, 5.74) is 26.6. The molecule has 0 unspecified atom stereocenters. The van der Waals surface area contributed by atoms with Crippen LogP contribution in [0.2, 0.25) is 10.8 Å². The molecule has 0 bridgehead atoms. The van der Waals surface area contributed by atoms with E-state index < -0.39 is 0 Å². The van der Waals surface area contributed by atoms with Crippen LogP contribution in [0, 0.1) is 0 Å². The van der Waals surface area contributed by atoms with Crippen LogP contribution in [-0.2, 0) is 53.0 Å². The Balaban J connectivity index is 0.000000617. The quantitative estimate of drug-likeness (QED) is 0.0358. The van der Waals surface area contributed by atoms with Crippen molar-refractivity contribution in [1.29, 1.82) is 0 Å². The number of rotatable bonds is 63. The molecule has 2 aromatic carbocycles. The maximum absolute atomic E-state index is 12.0. The van der Waals surface area contributed by atoms with Crippen molar-refractivity contribution in [1.82, 2.24) is 0 Å². The third-order valence-corrected chi connectivity index (χ3v) is 20.9. The molecule has 0 spiro atoms. The third-order valence-electron chi connectivity index (χ3n) is 19.5. The molecule has 1 aliphatic heterocycles. The molecule has 0 saturated carbocycles. The fourth-order valence-corrected chi connectivity index (χ4v) is 15.5. The van der Waals surface area contributed by atoms with Gasteiger partial charge in [-0.3, -0.25) is 0 Å². The van der Waals surface area contributed by atoms with Crippen LogP contribution >= 0.6 is 0 Å². The molecule has 0 radical (unpaired) electrons. The Bertz CT molecular complexity index is 1900. The molecule has 0 atom stereocenters. The van der Waals surface area contributed by atoms with Crippen LogP contribution < -0.4 is 0 Å². The van der Waals surface area contributed by atoms with E-state index in [9.17, 15) is 5.53 Å². The number of nitrogens with zero attached hydrogens (tertiary/aromatic N) is 2. The molecule has 0 amide bonds. The molecule has 1 heterocycles. The Kier molecular flexibility index (Phi) is 56.9. The number of benzene rings is 2. The first-order chi connectivity index (χ1) is 43.9. The first-order valence-corrected chi connectivity index (χ1v) is 42.0. The Labute approximate surface area is 564 Å². The van der Waals surface area contributed by atoms with Gasteiger partial charge in [0.05, 0.1) is 0 Å². The predicted molar refractivity (Wildman–Crippen MR) is 399 cm³/mol. The molecule has 2 nitrogen and oxygen atoms in total. The Morgan fingerprint density at radius 1 is 0.258 bits per heavy atom. The Hall–Kier alpha value is -1.99. The van der Waals surface area contributed by atoms with Crippen molar-refractivity contribution in [2.45, 2.75) is 452 Å². The summed E-state index contributed by atoms with van der Waals surface area (Å²) < 4.78 is 1.55. The van der Waals surface area contributed by atoms with Crippen molar-refractivity contribution < 1.29 is 19.1 Å². The van der Waals surface area contributed by atoms with Gasteiger partial charge < -0.3 is 5.53 Å². The molecule has 0 N–H and O–H groups in total. The minimum atomic E-state index is 0.950. The maximum atomic E-state index is 12.0. The van der Waals surface area contributed by atoms with Gasteiger partial charge in [-0.05, 0) is 109 Å². The molecule has 89 heavy (non-hydrogen) atoms. The van der Waals surface area contributed by atoms with Gasteiger partial charge in [0.25, 0.3) is 0 Å². The zero-order chi connectivity index (χ0) is 64.3. The van der Waals surface area contributed by atoms with Crippen molar-refractivity contribution in [3.63, 3.8) is 0 Å². The molecule has 518 valence electrons. The van der Waals surface area contributed by atoms with Gasteiger partial charge >= 0.3 is 166 Å². The number of hydrogen-bond donors (Lipinski definition) is 0. The van der Waals surface area contributed by atoms with Crippen molar-refractivity contribution in [3.8, 4) is 0 Å². The average Bonchev–Trinajstić information content (AvgIpc) is 1.95. The Morgan fingerprint density at radius 2 is 0.494 bits per heavy atom. The fraction of sp³-hybridized carbons (Fsp3) is 0.814. The number of aryl methyl sites for hydroxylation is 4. The average molecular weight is 1270 g/mol. The summed E-state index contributed by atoms with van der Waals surface area (Å²) >= 11 is 2.05. The van der Waals surface area contributed by atoms with Gasteiger partial charge in [-0.2, -0.15) is 0 Å². The van der Waals surface area contributed by atoms with E-state index in [1.165, 1.54) is 345 Å². The standard InChI is InChI=1S/C38H56N2.2C24H49.Ni/c1-8-15-22-32-27-37(33-23-28(16-9-2)35(20-13-6)29(24-33)17-10-3)40(39)38(32)34-25-30(18-11-4)36(21-14-7)31(26-34)19-12-5;2*1-3-5-7-9-11-13-15-17-19-21-23-24-22-20-18-16-14-12-10-8-6-4-2;/h23-27H,8-22H2,1-7H3;2*1,3-24H2,2H3;. The van der Waals surface area contributed by atoms with E-state index in [2.05, 4.69) is 107 Å². The van der Waals surface area contributed by atoms with Crippen molar-refractivity contribution in [3.05, 3.63) is 86.0 Å². The van der Waals surface area contributed by atoms with E-state index in [-0.39, 0.29) is 0 Å². The van der Waals surface area contributed by atoms with E-state index in [4.69, 9.17) is 0 Å². The molecule has 1 aliphatic rings. The summed E-state index contributed by atoms with van der Waals surface area (Å²) in [7, 11) is 0. The van der Waals surface area contributed by atoms with Crippen LogP contribution in [0.1, 0.15) is 447 Å². The van der Waals surface area contributed by atoms with Crippen LogP contribution in [0.3, 0.4) is 0 Å². The molecule has 3 rings (SSSR count). The van der Waals surface area contributed by atoms with Crippen LogP contribution in [0.4, 0.5) is 0 Å². The first kappa shape index (κ1) is 83.1. The molecule has 0 saturated heterocycles. The van der Waals surface area contributed by atoms with Crippen molar-refractivity contribution in [2.75, 3.05) is 0 Å². The smallest absolute Gasteiger partial charge is 0.0654 e. The van der Waals surface area contributed by atoms with Crippen LogP contribution in [0.5, 0.6) is 0 Å². The van der Waals surface area contributed by atoms with Gasteiger partial charge in [-0.25, -0.2) is 4.70 Å². The molecule has 0 aromatic heterocycles. The summed E-state index contributed by atoms with van der Waals surface area (Å²) in [6.07, 6.45) is 84.4. The summed E-state index contributed by atoms with van der Waals surface area (Å²) in [4.78, 5) is 0. The second kappa shape index (κ2) is 60.9. The van der Waals surface area contributed by atoms with E-state index in [1.54, 1.807) is 15.8 Å². The topological polar surface area (TPSA) is 25.3 Å². The summed E-state index contributed by atoms with van der Waals surface area (Å²) in [5, 5.41) is 2.87. The molecule has 2 aromatic rings. The summed E-state index contributed by atoms with van der Waals surface area (Å²) in [5.74, 6) is 0. The zero-order valence-electron chi connectivity index (χ0n) is 61.7. The Morgan fingerprint density at radius 3 is 0.742 bits per heavy atom. The molecule has 3 heteroatoms. The SMILES string of the molecule is CCCCC1=C(c2cc(CCC)c(CCC)c(CCC)c2)[N+](=[N-])C(c2cc(CCC)c(CCC)c(CCC)c2)=C1.CCCCCCCCCCCCCCCCCCCCCCC[CH2][Ni][CH2]CCCCCCCCCCCCCCCCCCCCCCC. The van der Waals surface area contributed by atoms with Crippen molar-refractivity contribution in [2.24, 2.45) is 0 Å². The first-order valence-electron chi connectivity index (χ1n) is 40.6. The van der Waals surface area contributed by atoms with Crippen LogP contribution in [0.25, 0.3) is 16.9 Å². The normalized spacial score (nSPS) is 12.5. The van der Waals surface area contributed by atoms with E-state index >= 15 is 0 Å². The summed E-state index contributed by atoms with van der Waals surface area (Å²) in [6.45, 7) is 20.6. The van der Waals surface area contributed by atoms with Crippen LogP contribution in [-0.4, -0.2) is 4.70 Å². The summed E-state index contributed by atoms with van der Waals surface area (Å²) in [6, 6.07) is 9.59.